The summed E-state index contributed by atoms with van der Waals surface area (Å²) < 4.78 is 0. The topological polar surface area (TPSA) is 52.2 Å². The van der Waals surface area contributed by atoms with Gasteiger partial charge in [-0.1, -0.05) is 24.0 Å². The number of H-pyrrole nitrogens is 1. The summed E-state index contributed by atoms with van der Waals surface area (Å²) in [6.07, 6.45) is 5.67. The fourth-order valence-electron chi connectivity index (χ4n) is 3.50. The summed E-state index contributed by atoms with van der Waals surface area (Å²) in [6, 6.07) is 7.97. The first kappa shape index (κ1) is 13.6. The number of piperidine rings is 3. The van der Waals surface area contributed by atoms with E-state index in [4.69, 9.17) is 0 Å². The maximum absolute atomic E-state index is 10.8. The van der Waals surface area contributed by atoms with Gasteiger partial charge in [-0.05, 0) is 38.1 Å². The van der Waals surface area contributed by atoms with Crippen LogP contribution in [-0.2, 0) is 0 Å². The van der Waals surface area contributed by atoms with Crippen LogP contribution in [0.25, 0.3) is 11.4 Å². The third-order valence-corrected chi connectivity index (χ3v) is 4.81. The van der Waals surface area contributed by atoms with Crippen LogP contribution in [0.15, 0.2) is 36.7 Å². The average molecular weight is 293 g/mol. The number of nitrogens with zero attached hydrogens (tertiary/aromatic N) is 2. The lowest BCUT2D eigenvalue weighted by atomic mass is 9.76. The SMILES string of the molecule is OC1(C#Cc2ccc(-c3ncc[nH]3)cc2)CN2CCC1CC2. The zero-order chi connectivity index (χ0) is 15.0. The molecule has 5 rings (SSSR count). The molecule has 1 unspecified atom stereocenters. The highest BCUT2D eigenvalue weighted by Crippen LogP contribution is 2.35. The molecule has 0 radical (unpaired) electrons. The third-order valence-electron chi connectivity index (χ3n) is 4.81. The molecule has 0 aliphatic carbocycles. The minimum Gasteiger partial charge on any atom is -0.376 e. The number of nitrogens with one attached hydrogen (secondary N) is 1. The molecule has 2 aromatic rings. The van der Waals surface area contributed by atoms with Crippen LogP contribution < -0.4 is 0 Å². The van der Waals surface area contributed by atoms with E-state index in [2.05, 4.69) is 26.7 Å². The molecule has 1 aromatic carbocycles. The van der Waals surface area contributed by atoms with E-state index in [1.165, 1.54) is 0 Å². The first-order valence-electron chi connectivity index (χ1n) is 7.81. The molecular formula is C18H19N3O. The van der Waals surface area contributed by atoms with Gasteiger partial charge in [0.05, 0.1) is 0 Å². The van der Waals surface area contributed by atoms with E-state index in [0.29, 0.717) is 12.5 Å². The molecular weight excluding hydrogens is 274 g/mol. The fraction of sp³-hybridized carbons (Fsp3) is 0.389. The predicted molar refractivity (Wildman–Crippen MR) is 85.0 cm³/mol. The van der Waals surface area contributed by atoms with Crippen molar-refractivity contribution in [2.75, 3.05) is 19.6 Å². The van der Waals surface area contributed by atoms with E-state index >= 15 is 0 Å². The Bertz CT molecular complexity index is 703. The van der Waals surface area contributed by atoms with Crippen molar-refractivity contribution in [1.29, 1.82) is 0 Å². The van der Waals surface area contributed by atoms with Gasteiger partial charge in [-0.3, -0.25) is 4.90 Å². The summed E-state index contributed by atoms with van der Waals surface area (Å²) in [5, 5.41) is 10.8. The number of benzene rings is 1. The number of aliphatic hydroxyl groups is 1. The van der Waals surface area contributed by atoms with Crippen molar-refractivity contribution in [2.24, 2.45) is 5.92 Å². The van der Waals surface area contributed by atoms with Crippen LogP contribution in [0.5, 0.6) is 0 Å². The fourth-order valence-corrected chi connectivity index (χ4v) is 3.50. The largest absolute Gasteiger partial charge is 0.376 e. The quantitative estimate of drug-likeness (QED) is 0.789. The van der Waals surface area contributed by atoms with Crippen LogP contribution in [0, 0.1) is 17.8 Å². The van der Waals surface area contributed by atoms with Crippen molar-refractivity contribution >= 4 is 0 Å². The van der Waals surface area contributed by atoms with Crippen molar-refractivity contribution in [3.63, 3.8) is 0 Å². The summed E-state index contributed by atoms with van der Waals surface area (Å²) >= 11 is 0. The smallest absolute Gasteiger partial charge is 0.141 e. The lowest BCUT2D eigenvalue weighted by molar-refractivity contribution is -0.0713. The van der Waals surface area contributed by atoms with E-state index in [0.717, 1.165) is 42.9 Å². The van der Waals surface area contributed by atoms with Gasteiger partial charge < -0.3 is 10.1 Å². The second kappa shape index (κ2) is 5.28. The molecule has 2 N–H and O–H groups in total. The maximum Gasteiger partial charge on any atom is 0.141 e. The molecule has 0 amide bonds. The van der Waals surface area contributed by atoms with Crippen LogP contribution >= 0.6 is 0 Å². The van der Waals surface area contributed by atoms with Gasteiger partial charge in [-0.2, -0.15) is 0 Å². The summed E-state index contributed by atoms with van der Waals surface area (Å²) in [6.45, 7) is 2.90. The summed E-state index contributed by atoms with van der Waals surface area (Å²) in [5.41, 5.74) is 1.13. The first-order chi connectivity index (χ1) is 10.7. The molecule has 3 fully saturated rings. The highest BCUT2D eigenvalue weighted by Gasteiger charge is 2.44. The number of fused-ring (bicyclic) bond motifs is 3. The Morgan fingerprint density at radius 2 is 2.00 bits per heavy atom. The second-order valence-corrected chi connectivity index (χ2v) is 6.24. The molecule has 4 heteroatoms. The van der Waals surface area contributed by atoms with Crippen LogP contribution in [-0.4, -0.2) is 45.2 Å². The Morgan fingerprint density at radius 3 is 2.59 bits per heavy atom. The molecule has 4 nitrogen and oxygen atoms in total. The van der Waals surface area contributed by atoms with Crippen molar-refractivity contribution < 1.29 is 5.11 Å². The van der Waals surface area contributed by atoms with Gasteiger partial charge in [-0.15, -0.1) is 0 Å². The molecule has 0 spiro atoms. The van der Waals surface area contributed by atoms with E-state index in [9.17, 15) is 5.11 Å². The van der Waals surface area contributed by atoms with E-state index < -0.39 is 5.60 Å². The van der Waals surface area contributed by atoms with Crippen molar-refractivity contribution in [3.8, 4) is 23.2 Å². The normalized spacial score (nSPS) is 29.9. The van der Waals surface area contributed by atoms with Gasteiger partial charge in [0.2, 0.25) is 0 Å². The van der Waals surface area contributed by atoms with Crippen molar-refractivity contribution in [1.82, 2.24) is 14.9 Å². The first-order valence-corrected chi connectivity index (χ1v) is 7.81. The van der Waals surface area contributed by atoms with E-state index in [1.807, 2.05) is 30.5 Å². The maximum atomic E-state index is 10.8. The number of hydrogen-bond donors (Lipinski definition) is 2. The molecule has 3 aliphatic rings. The Balaban J connectivity index is 1.54. The lowest BCUT2D eigenvalue weighted by Gasteiger charge is -2.47. The summed E-state index contributed by atoms with van der Waals surface area (Å²) in [4.78, 5) is 9.64. The van der Waals surface area contributed by atoms with Gasteiger partial charge in [0.15, 0.2) is 0 Å². The van der Waals surface area contributed by atoms with Gasteiger partial charge in [0.25, 0.3) is 0 Å². The zero-order valence-corrected chi connectivity index (χ0v) is 12.4. The number of imidazole rings is 1. The number of hydrogen-bond acceptors (Lipinski definition) is 3. The highest BCUT2D eigenvalue weighted by atomic mass is 16.3. The van der Waals surface area contributed by atoms with Crippen molar-refractivity contribution in [3.05, 3.63) is 42.2 Å². The molecule has 3 aliphatic heterocycles. The van der Waals surface area contributed by atoms with Crippen LogP contribution in [0.2, 0.25) is 0 Å². The predicted octanol–water partition coefficient (Wildman–Crippen LogP) is 1.88. The monoisotopic (exact) mass is 293 g/mol. The minimum atomic E-state index is -0.837. The number of rotatable bonds is 1. The standard InChI is InChI=1S/C18H19N3O/c22-18(13-21-11-6-16(18)7-12-21)8-5-14-1-3-15(4-2-14)17-19-9-10-20-17/h1-4,9-10,16,22H,6-7,11-13H2,(H,19,20). The zero-order valence-electron chi connectivity index (χ0n) is 12.4. The van der Waals surface area contributed by atoms with Crippen LogP contribution in [0.4, 0.5) is 0 Å². The molecule has 3 saturated heterocycles. The number of aromatic amines is 1. The molecule has 4 heterocycles. The van der Waals surface area contributed by atoms with Crippen molar-refractivity contribution in [2.45, 2.75) is 18.4 Å². The van der Waals surface area contributed by atoms with E-state index in [-0.39, 0.29) is 0 Å². The average Bonchev–Trinajstić information content (AvgIpc) is 3.09. The molecule has 0 saturated carbocycles. The Kier molecular flexibility index (Phi) is 3.25. The van der Waals surface area contributed by atoms with Crippen LogP contribution in [0.3, 0.4) is 0 Å². The van der Waals surface area contributed by atoms with Gasteiger partial charge in [0, 0.05) is 36.0 Å². The Labute approximate surface area is 130 Å². The Hall–Kier alpha value is -2.09. The molecule has 1 atom stereocenters. The summed E-state index contributed by atoms with van der Waals surface area (Å²) in [5.74, 6) is 7.48. The van der Waals surface area contributed by atoms with Gasteiger partial charge in [-0.25, -0.2) is 4.98 Å². The molecule has 112 valence electrons. The second-order valence-electron chi connectivity index (χ2n) is 6.24. The molecule has 22 heavy (non-hydrogen) atoms. The Morgan fingerprint density at radius 1 is 1.23 bits per heavy atom. The minimum absolute atomic E-state index is 0.326. The molecule has 1 aromatic heterocycles. The van der Waals surface area contributed by atoms with E-state index in [1.54, 1.807) is 6.20 Å². The van der Waals surface area contributed by atoms with Gasteiger partial charge in [0.1, 0.15) is 11.4 Å². The van der Waals surface area contributed by atoms with Crippen LogP contribution in [0.1, 0.15) is 18.4 Å². The van der Waals surface area contributed by atoms with Gasteiger partial charge >= 0.3 is 0 Å². The molecule has 2 bridgehead atoms. The highest BCUT2D eigenvalue weighted by molar-refractivity contribution is 5.56. The summed E-state index contributed by atoms with van der Waals surface area (Å²) in [7, 11) is 0. The number of aromatic nitrogens is 2. The third kappa shape index (κ3) is 2.43. The lowest BCUT2D eigenvalue weighted by Crippen LogP contribution is -2.58.